The summed E-state index contributed by atoms with van der Waals surface area (Å²) >= 11 is 1.42. The van der Waals surface area contributed by atoms with Crippen molar-refractivity contribution in [2.45, 2.75) is 18.3 Å². The van der Waals surface area contributed by atoms with Crippen LogP contribution in [0.5, 0.6) is 0 Å². The predicted molar refractivity (Wildman–Crippen MR) is 127 cm³/mol. The third-order valence-corrected chi connectivity index (χ3v) is 6.65. The Balaban J connectivity index is 1.41. The molecule has 2 heterocycles. The molecule has 158 valence electrons. The van der Waals surface area contributed by atoms with Crippen LogP contribution in [-0.4, -0.2) is 16.8 Å². The molecule has 1 aromatic heterocycles. The molecule has 0 saturated carbocycles. The Morgan fingerprint density at radius 2 is 1.56 bits per heavy atom. The Bertz CT molecular complexity index is 1210. The minimum absolute atomic E-state index is 0.0131. The molecule has 32 heavy (non-hydrogen) atoms. The number of hydrogen-bond acceptors (Lipinski definition) is 4. The van der Waals surface area contributed by atoms with Crippen LogP contribution in [0.3, 0.4) is 0 Å². The highest BCUT2D eigenvalue weighted by Gasteiger charge is 2.29. The fourth-order valence-corrected chi connectivity index (χ4v) is 5.07. The van der Waals surface area contributed by atoms with E-state index in [1.807, 2.05) is 84.9 Å². The zero-order valence-electron chi connectivity index (χ0n) is 17.2. The molecule has 5 rings (SSSR count). The standard InChI is InChI=1S/C26H21N3O2S/c30-23-15-20(19-13-7-8-14-21(19)28-23)22-16-27-26(32-22)29-25(31)24(17-9-3-1-4-10-17)18-11-5-2-6-12-18/h1-14,16,20,24H,15H2,(H,28,30)(H,27,29,31). The molecule has 0 aliphatic carbocycles. The first-order chi connectivity index (χ1) is 15.7. The molecule has 5 nitrogen and oxygen atoms in total. The van der Waals surface area contributed by atoms with Gasteiger partial charge in [-0.3, -0.25) is 9.59 Å². The maximum absolute atomic E-state index is 13.3. The summed E-state index contributed by atoms with van der Waals surface area (Å²) in [4.78, 5) is 31.0. The quantitative estimate of drug-likeness (QED) is 0.438. The zero-order valence-corrected chi connectivity index (χ0v) is 18.0. The fraction of sp³-hybridized carbons (Fsp3) is 0.115. The molecule has 4 aromatic rings. The molecule has 0 fully saturated rings. The lowest BCUT2D eigenvalue weighted by molar-refractivity contribution is -0.117. The molecule has 2 N–H and O–H groups in total. The summed E-state index contributed by atoms with van der Waals surface area (Å²) in [6.07, 6.45) is 2.13. The molecular formula is C26H21N3O2S. The molecule has 0 saturated heterocycles. The number of anilines is 2. The molecule has 1 aliphatic heterocycles. The molecule has 3 aromatic carbocycles. The number of para-hydroxylation sites is 1. The average molecular weight is 440 g/mol. The first-order valence-corrected chi connectivity index (χ1v) is 11.3. The molecular weight excluding hydrogens is 418 g/mol. The average Bonchev–Trinajstić information content (AvgIpc) is 3.28. The van der Waals surface area contributed by atoms with E-state index >= 15 is 0 Å². The monoisotopic (exact) mass is 439 g/mol. The van der Waals surface area contributed by atoms with Gasteiger partial charge in [-0.05, 0) is 22.8 Å². The van der Waals surface area contributed by atoms with Crippen molar-refractivity contribution < 1.29 is 9.59 Å². The molecule has 0 spiro atoms. The number of nitrogens with zero attached hydrogens (tertiary/aromatic N) is 1. The summed E-state index contributed by atoms with van der Waals surface area (Å²) in [7, 11) is 0. The number of carbonyl (C=O) groups excluding carboxylic acids is 2. The van der Waals surface area contributed by atoms with E-state index in [2.05, 4.69) is 15.6 Å². The van der Waals surface area contributed by atoms with Crippen molar-refractivity contribution in [2.75, 3.05) is 10.6 Å². The van der Waals surface area contributed by atoms with E-state index in [1.165, 1.54) is 11.3 Å². The highest BCUT2D eigenvalue weighted by molar-refractivity contribution is 7.15. The predicted octanol–water partition coefficient (Wildman–Crippen LogP) is 5.39. The van der Waals surface area contributed by atoms with E-state index in [0.717, 1.165) is 27.3 Å². The topological polar surface area (TPSA) is 71.1 Å². The van der Waals surface area contributed by atoms with Gasteiger partial charge in [-0.25, -0.2) is 4.98 Å². The lowest BCUT2D eigenvalue weighted by Gasteiger charge is -2.24. The SMILES string of the molecule is O=C1CC(c2cnc(NC(=O)C(c3ccccc3)c3ccccc3)s2)c2ccccc2N1. The van der Waals surface area contributed by atoms with Crippen LogP contribution in [0.2, 0.25) is 0 Å². The van der Waals surface area contributed by atoms with E-state index in [9.17, 15) is 9.59 Å². The minimum atomic E-state index is -0.439. The third-order valence-electron chi connectivity index (χ3n) is 5.62. The van der Waals surface area contributed by atoms with E-state index in [-0.39, 0.29) is 17.7 Å². The molecule has 6 heteroatoms. The Morgan fingerprint density at radius 1 is 0.938 bits per heavy atom. The van der Waals surface area contributed by atoms with Crippen molar-refractivity contribution in [3.8, 4) is 0 Å². The highest BCUT2D eigenvalue weighted by atomic mass is 32.1. The highest BCUT2D eigenvalue weighted by Crippen LogP contribution is 2.40. The number of thiazole rings is 1. The van der Waals surface area contributed by atoms with E-state index in [0.29, 0.717) is 11.6 Å². The number of fused-ring (bicyclic) bond motifs is 1. The number of hydrogen-bond donors (Lipinski definition) is 2. The normalized spacial score (nSPS) is 15.2. The van der Waals surface area contributed by atoms with Gasteiger partial charge in [-0.2, -0.15) is 0 Å². The number of rotatable bonds is 5. The molecule has 1 unspecified atom stereocenters. The lowest BCUT2D eigenvalue weighted by atomic mass is 9.90. The largest absolute Gasteiger partial charge is 0.326 e. The van der Waals surface area contributed by atoms with Gasteiger partial charge < -0.3 is 10.6 Å². The molecule has 0 radical (unpaired) electrons. The van der Waals surface area contributed by atoms with Gasteiger partial charge in [-0.15, -0.1) is 11.3 Å². The smallest absolute Gasteiger partial charge is 0.238 e. The second-order valence-corrected chi connectivity index (χ2v) is 8.77. The number of carbonyl (C=O) groups is 2. The van der Waals surface area contributed by atoms with Crippen molar-refractivity contribution >= 4 is 34.0 Å². The van der Waals surface area contributed by atoms with Crippen molar-refractivity contribution in [2.24, 2.45) is 0 Å². The first-order valence-electron chi connectivity index (χ1n) is 10.4. The summed E-state index contributed by atoms with van der Waals surface area (Å²) in [5.41, 5.74) is 3.75. The Labute approximate surface area is 190 Å². The van der Waals surface area contributed by atoms with Gasteiger partial charge in [0.1, 0.15) is 0 Å². The minimum Gasteiger partial charge on any atom is -0.326 e. The van der Waals surface area contributed by atoms with E-state index in [4.69, 9.17) is 0 Å². The van der Waals surface area contributed by atoms with Crippen LogP contribution in [0.25, 0.3) is 0 Å². The molecule has 2 amide bonds. The Kier molecular flexibility index (Phi) is 5.52. The van der Waals surface area contributed by atoms with Gasteiger partial charge in [0.05, 0.1) is 5.92 Å². The number of nitrogens with one attached hydrogen (secondary N) is 2. The first kappa shape index (κ1) is 20.2. The van der Waals surface area contributed by atoms with Crippen molar-refractivity contribution in [3.63, 3.8) is 0 Å². The summed E-state index contributed by atoms with van der Waals surface area (Å²) in [5.74, 6) is -0.654. The molecule has 1 aliphatic rings. The van der Waals surface area contributed by atoms with Crippen LogP contribution >= 0.6 is 11.3 Å². The van der Waals surface area contributed by atoms with Crippen molar-refractivity contribution in [3.05, 3.63) is 113 Å². The van der Waals surface area contributed by atoms with Crippen molar-refractivity contribution in [1.82, 2.24) is 4.98 Å². The van der Waals surface area contributed by atoms with Gasteiger partial charge in [0, 0.05) is 29.1 Å². The van der Waals surface area contributed by atoms with E-state index < -0.39 is 5.92 Å². The maximum Gasteiger partial charge on any atom is 0.238 e. The number of aromatic nitrogens is 1. The molecule has 1 atom stereocenters. The van der Waals surface area contributed by atoms with Gasteiger partial charge in [0.25, 0.3) is 0 Å². The summed E-state index contributed by atoms with van der Waals surface area (Å²) in [6.45, 7) is 0. The van der Waals surface area contributed by atoms with Crippen molar-refractivity contribution in [1.29, 1.82) is 0 Å². The van der Waals surface area contributed by atoms with E-state index in [1.54, 1.807) is 6.20 Å². The summed E-state index contributed by atoms with van der Waals surface area (Å²) in [6, 6.07) is 27.3. The summed E-state index contributed by atoms with van der Waals surface area (Å²) < 4.78 is 0. The fourth-order valence-electron chi connectivity index (χ4n) is 4.13. The van der Waals surface area contributed by atoms with Gasteiger partial charge in [0.2, 0.25) is 11.8 Å². The van der Waals surface area contributed by atoms with Crippen LogP contribution in [0.4, 0.5) is 10.8 Å². The Hall–Kier alpha value is -3.77. The van der Waals surface area contributed by atoms with Gasteiger partial charge >= 0.3 is 0 Å². The van der Waals surface area contributed by atoms with Crippen LogP contribution in [0.15, 0.2) is 91.1 Å². The molecule has 0 bridgehead atoms. The maximum atomic E-state index is 13.3. The lowest BCUT2D eigenvalue weighted by Crippen LogP contribution is -2.23. The third kappa shape index (κ3) is 4.05. The number of amides is 2. The van der Waals surface area contributed by atoms with Crippen LogP contribution < -0.4 is 10.6 Å². The second-order valence-electron chi connectivity index (χ2n) is 7.70. The zero-order chi connectivity index (χ0) is 21.9. The van der Waals surface area contributed by atoms with Gasteiger partial charge in [0.15, 0.2) is 5.13 Å². The van der Waals surface area contributed by atoms with Crippen LogP contribution in [0.1, 0.15) is 39.8 Å². The summed E-state index contributed by atoms with van der Waals surface area (Å²) in [5, 5.41) is 6.46. The Morgan fingerprint density at radius 3 is 2.25 bits per heavy atom. The van der Waals surface area contributed by atoms with Crippen LogP contribution in [0, 0.1) is 0 Å². The van der Waals surface area contributed by atoms with Crippen LogP contribution in [-0.2, 0) is 9.59 Å². The number of benzene rings is 3. The van der Waals surface area contributed by atoms with Gasteiger partial charge in [-0.1, -0.05) is 78.9 Å². The second kappa shape index (κ2) is 8.77.